The SMILES string of the molecule is O=C(O)C1=CS[C@@H]2/C(=C\c3cn4c(n3)S(=O)CC4)C(=O)N12. The average Bonchev–Trinajstić information content (AvgIpc) is 3.10. The van der Waals surface area contributed by atoms with Crippen LogP contribution in [0.3, 0.4) is 0 Å². The van der Waals surface area contributed by atoms with Crippen molar-refractivity contribution in [1.29, 1.82) is 0 Å². The van der Waals surface area contributed by atoms with Gasteiger partial charge in [0.15, 0.2) is 5.16 Å². The molecule has 0 spiro atoms. The van der Waals surface area contributed by atoms with Crippen LogP contribution in [-0.4, -0.2) is 46.8 Å². The number of amides is 1. The summed E-state index contributed by atoms with van der Waals surface area (Å²) in [4.78, 5) is 28.6. The van der Waals surface area contributed by atoms with Crippen molar-refractivity contribution in [3.05, 3.63) is 28.6 Å². The van der Waals surface area contributed by atoms with E-state index in [-0.39, 0.29) is 17.0 Å². The smallest absolute Gasteiger partial charge is 0.353 e. The number of aliphatic carboxylic acids is 1. The number of hydrogen-bond acceptors (Lipinski definition) is 5. The van der Waals surface area contributed by atoms with E-state index in [1.54, 1.807) is 12.3 Å². The van der Waals surface area contributed by atoms with Gasteiger partial charge in [-0.05, 0) is 6.08 Å². The summed E-state index contributed by atoms with van der Waals surface area (Å²) >= 11 is 1.29. The lowest BCUT2D eigenvalue weighted by molar-refractivity contribution is -0.141. The van der Waals surface area contributed by atoms with Gasteiger partial charge in [0.25, 0.3) is 5.91 Å². The van der Waals surface area contributed by atoms with Crippen molar-refractivity contribution in [3.63, 3.8) is 0 Å². The molecule has 3 aliphatic rings. The fraction of sp³-hybridized carbons (Fsp3) is 0.250. The number of fused-ring (bicyclic) bond motifs is 2. The topological polar surface area (TPSA) is 92.5 Å². The van der Waals surface area contributed by atoms with Gasteiger partial charge in [0.2, 0.25) is 0 Å². The minimum absolute atomic E-state index is 0.0144. The number of β-lactam (4-membered cyclic amide) rings is 1. The molecular weight excluding hydrogens is 314 g/mol. The van der Waals surface area contributed by atoms with Crippen molar-refractivity contribution in [2.75, 3.05) is 5.75 Å². The molecular formula is C12H9N3O4S2. The van der Waals surface area contributed by atoms with E-state index >= 15 is 0 Å². The predicted octanol–water partition coefficient (Wildman–Crippen LogP) is 0.229. The summed E-state index contributed by atoms with van der Waals surface area (Å²) in [6, 6.07) is 0. The highest BCUT2D eigenvalue weighted by molar-refractivity contribution is 8.03. The molecule has 21 heavy (non-hydrogen) atoms. The van der Waals surface area contributed by atoms with Crippen LogP contribution in [0.25, 0.3) is 6.08 Å². The van der Waals surface area contributed by atoms with E-state index in [1.807, 2.05) is 4.57 Å². The van der Waals surface area contributed by atoms with Gasteiger partial charge in [-0.1, -0.05) is 0 Å². The number of aromatic nitrogens is 2. The Morgan fingerprint density at radius 3 is 3.10 bits per heavy atom. The van der Waals surface area contributed by atoms with Crippen LogP contribution in [0.2, 0.25) is 0 Å². The molecule has 1 aromatic heterocycles. The van der Waals surface area contributed by atoms with Crippen molar-refractivity contribution in [3.8, 4) is 0 Å². The average molecular weight is 323 g/mol. The van der Waals surface area contributed by atoms with Crippen molar-refractivity contribution in [2.24, 2.45) is 0 Å². The second-order valence-electron chi connectivity index (χ2n) is 4.76. The molecule has 1 unspecified atom stereocenters. The largest absolute Gasteiger partial charge is 0.477 e. The lowest BCUT2D eigenvalue weighted by Gasteiger charge is -2.36. The molecule has 3 aliphatic heterocycles. The number of nitrogens with zero attached hydrogens (tertiary/aromatic N) is 3. The van der Waals surface area contributed by atoms with Crippen LogP contribution in [0.5, 0.6) is 0 Å². The maximum absolute atomic E-state index is 12.0. The zero-order valence-corrected chi connectivity index (χ0v) is 12.2. The van der Waals surface area contributed by atoms with Crippen LogP contribution >= 0.6 is 11.8 Å². The van der Waals surface area contributed by atoms with Crippen LogP contribution < -0.4 is 0 Å². The number of hydrogen-bond donors (Lipinski definition) is 1. The van der Waals surface area contributed by atoms with Crippen molar-refractivity contribution in [1.82, 2.24) is 14.5 Å². The van der Waals surface area contributed by atoms with Crippen LogP contribution in [0, 0.1) is 0 Å². The number of thioether (sulfide) groups is 1. The van der Waals surface area contributed by atoms with E-state index < -0.39 is 16.8 Å². The monoisotopic (exact) mass is 323 g/mol. The molecule has 2 atom stereocenters. The van der Waals surface area contributed by atoms with Gasteiger partial charge in [0.05, 0.1) is 22.1 Å². The first-order chi connectivity index (χ1) is 10.1. The van der Waals surface area contributed by atoms with Crippen molar-refractivity contribution < 1.29 is 18.9 Å². The summed E-state index contributed by atoms with van der Waals surface area (Å²) in [6.45, 7) is 0.668. The number of carbonyl (C=O) groups is 2. The normalized spacial score (nSPS) is 28.4. The van der Waals surface area contributed by atoms with Crippen LogP contribution in [0.4, 0.5) is 0 Å². The van der Waals surface area contributed by atoms with Gasteiger partial charge in [-0.15, -0.1) is 11.8 Å². The maximum Gasteiger partial charge on any atom is 0.353 e. The van der Waals surface area contributed by atoms with Gasteiger partial charge in [-0.3, -0.25) is 13.9 Å². The van der Waals surface area contributed by atoms with Gasteiger partial charge in [0.1, 0.15) is 11.1 Å². The first-order valence-corrected chi connectivity index (χ1v) is 8.42. The zero-order valence-electron chi connectivity index (χ0n) is 10.6. The number of aryl methyl sites for hydroxylation is 1. The van der Waals surface area contributed by atoms with Gasteiger partial charge >= 0.3 is 5.97 Å². The number of rotatable bonds is 2. The van der Waals surface area contributed by atoms with E-state index in [0.29, 0.717) is 28.7 Å². The number of carboxylic acids is 1. The van der Waals surface area contributed by atoms with E-state index in [9.17, 15) is 13.8 Å². The minimum Gasteiger partial charge on any atom is -0.477 e. The molecule has 1 amide bonds. The Balaban J connectivity index is 1.62. The van der Waals surface area contributed by atoms with Crippen molar-refractivity contribution in [2.45, 2.75) is 17.1 Å². The summed E-state index contributed by atoms with van der Waals surface area (Å²) in [5.74, 6) is -0.835. The maximum atomic E-state index is 12.0. The summed E-state index contributed by atoms with van der Waals surface area (Å²) in [7, 11) is -1.07. The molecule has 9 heteroatoms. The summed E-state index contributed by atoms with van der Waals surface area (Å²) in [5.41, 5.74) is 1.13. The van der Waals surface area contributed by atoms with E-state index in [4.69, 9.17) is 5.11 Å². The number of carbonyl (C=O) groups excluding carboxylic acids is 1. The molecule has 0 aromatic carbocycles. The molecule has 1 aromatic rings. The lowest BCUT2D eigenvalue weighted by Crippen LogP contribution is -2.51. The lowest BCUT2D eigenvalue weighted by atomic mass is 10.0. The van der Waals surface area contributed by atoms with Crippen molar-refractivity contribution >= 4 is 40.5 Å². The quantitative estimate of drug-likeness (QED) is 0.619. The van der Waals surface area contributed by atoms with E-state index in [2.05, 4.69) is 4.98 Å². The minimum atomic E-state index is -1.10. The number of carboxylic acid groups (broad SMARTS) is 1. The fourth-order valence-electron chi connectivity index (χ4n) is 2.53. The summed E-state index contributed by atoms with van der Waals surface area (Å²) < 4.78 is 13.5. The molecule has 1 fully saturated rings. The van der Waals surface area contributed by atoms with Crippen LogP contribution in [-0.2, 0) is 26.9 Å². The van der Waals surface area contributed by atoms with E-state index in [0.717, 1.165) is 0 Å². The Bertz CT molecular complexity index is 779. The van der Waals surface area contributed by atoms with Gasteiger partial charge in [0, 0.05) is 23.9 Å². The zero-order chi connectivity index (χ0) is 14.7. The molecule has 108 valence electrons. The Morgan fingerprint density at radius 2 is 2.38 bits per heavy atom. The highest BCUT2D eigenvalue weighted by Gasteiger charge is 2.49. The van der Waals surface area contributed by atoms with Gasteiger partial charge in [-0.25, -0.2) is 9.78 Å². The Kier molecular flexibility index (Phi) is 2.64. The highest BCUT2D eigenvalue weighted by atomic mass is 32.2. The fourth-order valence-corrected chi connectivity index (χ4v) is 4.80. The third kappa shape index (κ3) is 1.74. The second-order valence-corrected chi connectivity index (χ2v) is 7.18. The van der Waals surface area contributed by atoms with Crippen LogP contribution in [0.15, 0.2) is 28.0 Å². The first-order valence-electron chi connectivity index (χ1n) is 6.16. The Hall–Kier alpha value is -1.87. The Labute approximate surface area is 125 Å². The molecule has 0 saturated carbocycles. The molecule has 0 bridgehead atoms. The molecule has 7 nitrogen and oxygen atoms in total. The van der Waals surface area contributed by atoms with Gasteiger partial charge in [-0.2, -0.15) is 0 Å². The number of imidazole rings is 1. The molecule has 1 saturated heterocycles. The van der Waals surface area contributed by atoms with Crippen LogP contribution in [0.1, 0.15) is 5.69 Å². The molecule has 4 rings (SSSR count). The highest BCUT2D eigenvalue weighted by Crippen LogP contribution is 2.45. The third-order valence-electron chi connectivity index (χ3n) is 3.54. The molecule has 0 radical (unpaired) electrons. The second kappa shape index (κ2) is 4.31. The summed E-state index contributed by atoms with van der Waals surface area (Å²) in [6.07, 6.45) is 3.42. The molecule has 1 N–H and O–H groups in total. The Morgan fingerprint density at radius 1 is 1.57 bits per heavy atom. The predicted molar refractivity (Wildman–Crippen MR) is 75.4 cm³/mol. The standard InChI is InChI=1S/C12H9N3O4S2/c16-9-7(10-15(9)8(5-20-10)11(17)18)3-6-4-14-1-2-21(19)12(14)13-6/h3-5,10H,1-2H2,(H,17,18)/b7-3-/t10-,21?/m1/s1. The third-order valence-corrected chi connectivity index (χ3v) is 5.91. The van der Waals surface area contributed by atoms with Gasteiger partial charge < -0.3 is 9.67 Å². The van der Waals surface area contributed by atoms with E-state index in [1.165, 1.54) is 22.1 Å². The molecule has 4 heterocycles. The summed E-state index contributed by atoms with van der Waals surface area (Å²) in [5, 5.41) is 10.7. The molecule has 0 aliphatic carbocycles. The first kappa shape index (κ1) is 12.8.